The van der Waals surface area contributed by atoms with E-state index >= 15 is 0 Å². The summed E-state index contributed by atoms with van der Waals surface area (Å²) in [5.41, 5.74) is 4.92. The smallest absolute Gasteiger partial charge is 0.117 e. The first-order valence-electron chi connectivity index (χ1n) is 5.06. The first-order valence-corrected chi connectivity index (χ1v) is 5.06. The largest absolute Gasteiger partial charge is 0.274 e. The molecular weight excluding hydrogens is 200 g/mol. The molecular formula is C12H10N4. The van der Waals surface area contributed by atoms with Crippen molar-refractivity contribution >= 4 is 11.0 Å². The van der Waals surface area contributed by atoms with Crippen LogP contribution in [0.15, 0.2) is 36.8 Å². The summed E-state index contributed by atoms with van der Waals surface area (Å²) < 4.78 is 0. The van der Waals surface area contributed by atoms with Crippen molar-refractivity contribution in [2.75, 3.05) is 0 Å². The second-order valence-electron chi connectivity index (χ2n) is 3.72. The van der Waals surface area contributed by atoms with Crippen LogP contribution in [-0.4, -0.2) is 20.2 Å². The van der Waals surface area contributed by atoms with Gasteiger partial charge in [0.1, 0.15) is 17.4 Å². The fraction of sp³-hybridized carbons (Fsp3) is 0.0833. The van der Waals surface area contributed by atoms with Crippen LogP contribution in [0, 0.1) is 6.92 Å². The van der Waals surface area contributed by atoms with Crippen LogP contribution >= 0.6 is 0 Å². The minimum absolute atomic E-state index is 0.838. The standard InChI is InChI=1S/C12H10N4/c1-8-2-4-9(5-3-8)11-12-10(6-15-16-12)13-7-14-11/h2-7H,1H3,(H,15,16). The quantitative estimate of drug-likeness (QED) is 0.670. The Bertz CT molecular complexity index is 625. The normalized spacial score (nSPS) is 10.8. The molecule has 4 nitrogen and oxygen atoms in total. The molecule has 0 unspecified atom stereocenters. The number of nitrogens with zero attached hydrogens (tertiary/aromatic N) is 3. The molecule has 2 heterocycles. The van der Waals surface area contributed by atoms with E-state index in [0.29, 0.717) is 0 Å². The topological polar surface area (TPSA) is 54.5 Å². The molecule has 0 saturated heterocycles. The molecule has 3 rings (SSSR count). The third-order valence-corrected chi connectivity index (χ3v) is 2.56. The molecule has 0 fully saturated rings. The molecule has 2 aromatic heterocycles. The van der Waals surface area contributed by atoms with Crippen LogP contribution in [0.3, 0.4) is 0 Å². The molecule has 0 radical (unpaired) electrons. The molecule has 78 valence electrons. The fourth-order valence-corrected chi connectivity index (χ4v) is 1.70. The Morgan fingerprint density at radius 2 is 1.88 bits per heavy atom. The minimum atomic E-state index is 0.838. The van der Waals surface area contributed by atoms with Crippen LogP contribution < -0.4 is 0 Å². The van der Waals surface area contributed by atoms with Crippen molar-refractivity contribution < 1.29 is 0 Å². The Morgan fingerprint density at radius 3 is 2.69 bits per heavy atom. The van der Waals surface area contributed by atoms with Gasteiger partial charge in [-0.3, -0.25) is 5.10 Å². The van der Waals surface area contributed by atoms with Gasteiger partial charge in [0, 0.05) is 5.56 Å². The zero-order valence-electron chi connectivity index (χ0n) is 8.81. The zero-order valence-corrected chi connectivity index (χ0v) is 8.81. The van der Waals surface area contributed by atoms with Gasteiger partial charge in [-0.15, -0.1) is 0 Å². The van der Waals surface area contributed by atoms with Gasteiger partial charge in [0.15, 0.2) is 0 Å². The average Bonchev–Trinajstić information content (AvgIpc) is 2.78. The van der Waals surface area contributed by atoms with Gasteiger partial charge in [0.05, 0.1) is 11.9 Å². The Hall–Kier alpha value is -2.23. The van der Waals surface area contributed by atoms with E-state index in [4.69, 9.17) is 0 Å². The molecule has 3 aromatic rings. The highest BCUT2D eigenvalue weighted by molar-refractivity contribution is 5.88. The first kappa shape index (κ1) is 9.03. The Kier molecular flexibility index (Phi) is 1.93. The maximum absolute atomic E-state index is 4.30. The van der Waals surface area contributed by atoms with Gasteiger partial charge in [0.2, 0.25) is 0 Å². The summed E-state index contributed by atoms with van der Waals surface area (Å²) in [7, 11) is 0. The summed E-state index contributed by atoms with van der Waals surface area (Å²) in [6.07, 6.45) is 3.27. The van der Waals surface area contributed by atoms with Gasteiger partial charge in [-0.05, 0) is 6.92 Å². The van der Waals surface area contributed by atoms with Gasteiger partial charge in [-0.1, -0.05) is 29.8 Å². The summed E-state index contributed by atoms with van der Waals surface area (Å²) in [5.74, 6) is 0. The number of H-pyrrole nitrogens is 1. The Balaban J connectivity index is 2.25. The molecule has 1 aromatic carbocycles. The van der Waals surface area contributed by atoms with E-state index in [9.17, 15) is 0 Å². The second kappa shape index (κ2) is 3.41. The molecule has 1 N–H and O–H groups in total. The Morgan fingerprint density at radius 1 is 1.06 bits per heavy atom. The number of aryl methyl sites for hydroxylation is 1. The highest BCUT2D eigenvalue weighted by Crippen LogP contribution is 2.23. The molecule has 0 saturated carbocycles. The highest BCUT2D eigenvalue weighted by atomic mass is 15.1. The molecule has 16 heavy (non-hydrogen) atoms. The van der Waals surface area contributed by atoms with Crippen molar-refractivity contribution in [3.63, 3.8) is 0 Å². The lowest BCUT2D eigenvalue weighted by molar-refractivity contribution is 1.11. The van der Waals surface area contributed by atoms with Crippen LogP contribution in [0.2, 0.25) is 0 Å². The second-order valence-corrected chi connectivity index (χ2v) is 3.72. The predicted molar refractivity (Wildman–Crippen MR) is 61.9 cm³/mol. The minimum Gasteiger partial charge on any atom is -0.274 e. The number of nitrogens with one attached hydrogen (secondary N) is 1. The van der Waals surface area contributed by atoms with Crippen LogP contribution in [0.4, 0.5) is 0 Å². The zero-order chi connectivity index (χ0) is 11.0. The van der Waals surface area contributed by atoms with Crippen molar-refractivity contribution in [1.82, 2.24) is 20.2 Å². The first-order chi connectivity index (χ1) is 7.84. The summed E-state index contributed by atoms with van der Waals surface area (Å²) >= 11 is 0. The van der Waals surface area contributed by atoms with Crippen LogP contribution in [0.1, 0.15) is 5.56 Å². The Labute approximate surface area is 92.4 Å². The number of aromatic amines is 1. The van der Waals surface area contributed by atoms with Crippen molar-refractivity contribution in [3.8, 4) is 11.3 Å². The lowest BCUT2D eigenvalue weighted by Gasteiger charge is -2.01. The van der Waals surface area contributed by atoms with Gasteiger partial charge in [-0.2, -0.15) is 5.10 Å². The molecule has 0 bridgehead atoms. The van der Waals surface area contributed by atoms with Gasteiger partial charge in [0.25, 0.3) is 0 Å². The van der Waals surface area contributed by atoms with E-state index in [-0.39, 0.29) is 0 Å². The lowest BCUT2D eigenvalue weighted by Crippen LogP contribution is -1.87. The number of aromatic nitrogens is 4. The lowest BCUT2D eigenvalue weighted by atomic mass is 10.1. The predicted octanol–water partition coefficient (Wildman–Crippen LogP) is 2.33. The average molecular weight is 210 g/mol. The SMILES string of the molecule is Cc1ccc(-c2ncnc3cn[nH]c23)cc1. The summed E-state index contributed by atoms with van der Waals surface area (Å²) in [6, 6.07) is 8.25. The molecule has 0 atom stereocenters. The summed E-state index contributed by atoms with van der Waals surface area (Å²) in [6.45, 7) is 2.07. The number of fused-ring (bicyclic) bond motifs is 1. The van der Waals surface area contributed by atoms with E-state index in [1.165, 1.54) is 5.56 Å². The fourth-order valence-electron chi connectivity index (χ4n) is 1.70. The van der Waals surface area contributed by atoms with Crippen LogP contribution in [-0.2, 0) is 0 Å². The molecule has 4 heteroatoms. The monoisotopic (exact) mass is 210 g/mol. The maximum atomic E-state index is 4.30. The molecule has 0 aliphatic heterocycles. The van der Waals surface area contributed by atoms with E-state index in [2.05, 4.69) is 51.4 Å². The maximum Gasteiger partial charge on any atom is 0.117 e. The van der Waals surface area contributed by atoms with E-state index in [1.54, 1.807) is 12.5 Å². The van der Waals surface area contributed by atoms with E-state index < -0.39 is 0 Å². The van der Waals surface area contributed by atoms with Gasteiger partial charge >= 0.3 is 0 Å². The summed E-state index contributed by atoms with van der Waals surface area (Å²) in [4.78, 5) is 8.44. The number of benzene rings is 1. The van der Waals surface area contributed by atoms with Gasteiger partial charge < -0.3 is 0 Å². The van der Waals surface area contributed by atoms with Gasteiger partial charge in [-0.25, -0.2) is 9.97 Å². The van der Waals surface area contributed by atoms with Crippen molar-refractivity contribution in [2.24, 2.45) is 0 Å². The molecule has 0 aliphatic rings. The van der Waals surface area contributed by atoms with Crippen molar-refractivity contribution in [3.05, 3.63) is 42.4 Å². The van der Waals surface area contributed by atoms with Crippen LogP contribution in [0.25, 0.3) is 22.3 Å². The molecule has 0 aliphatic carbocycles. The highest BCUT2D eigenvalue weighted by Gasteiger charge is 2.06. The third kappa shape index (κ3) is 1.35. The molecule has 0 spiro atoms. The van der Waals surface area contributed by atoms with E-state index in [0.717, 1.165) is 22.3 Å². The number of rotatable bonds is 1. The summed E-state index contributed by atoms with van der Waals surface area (Å²) in [5, 5.41) is 6.90. The van der Waals surface area contributed by atoms with Crippen LogP contribution in [0.5, 0.6) is 0 Å². The number of hydrogen-bond donors (Lipinski definition) is 1. The third-order valence-electron chi connectivity index (χ3n) is 2.56. The molecule has 0 amide bonds. The van der Waals surface area contributed by atoms with Crippen molar-refractivity contribution in [2.45, 2.75) is 6.92 Å². The van der Waals surface area contributed by atoms with E-state index in [1.807, 2.05) is 0 Å². The van der Waals surface area contributed by atoms with Crippen molar-refractivity contribution in [1.29, 1.82) is 0 Å². The number of hydrogen-bond acceptors (Lipinski definition) is 3.